The molecule has 0 radical (unpaired) electrons. The number of benzene rings is 2. The molecule has 7 nitrogen and oxygen atoms in total. The van der Waals surface area contributed by atoms with Gasteiger partial charge in [-0.3, -0.25) is 14.3 Å². The van der Waals surface area contributed by atoms with Gasteiger partial charge < -0.3 is 10.0 Å². The number of aryl methyl sites for hydroxylation is 1. The van der Waals surface area contributed by atoms with Crippen LogP contribution in [0.15, 0.2) is 47.4 Å². The van der Waals surface area contributed by atoms with Crippen LogP contribution in [-0.2, 0) is 19.6 Å². The molecule has 0 bridgehead atoms. The number of carboxylic acid groups (broad SMARTS) is 1. The lowest BCUT2D eigenvalue weighted by Crippen LogP contribution is -2.25. The van der Waals surface area contributed by atoms with Crippen LogP contribution >= 0.6 is 11.6 Å². The van der Waals surface area contributed by atoms with Gasteiger partial charge in [0.2, 0.25) is 5.91 Å². The number of nitrogens with one attached hydrogen (secondary N) is 1. The summed E-state index contributed by atoms with van der Waals surface area (Å²) >= 11 is 5.92. The van der Waals surface area contributed by atoms with E-state index in [1.54, 1.807) is 19.1 Å². The van der Waals surface area contributed by atoms with E-state index in [0.29, 0.717) is 16.4 Å². The summed E-state index contributed by atoms with van der Waals surface area (Å²) in [6.07, 6.45) is -0.0645. The molecule has 2 aromatic rings. The fourth-order valence-corrected chi connectivity index (χ4v) is 4.13. The summed E-state index contributed by atoms with van der Waals surface area (Å²) in [5, 5.41) is 9.46. The van der Waals surface area contributed by atoms with Gasteiger partial charge in [0.15, 0.2) is 0 Å². The van der Waals surface area contributed by atoms with Gasteiger partial charge in [0.1, 0.15) is 0 Å². The first-order valence-corrected chi connectivity index (χ1v) is 9.96. The maximum atomic E-state index is 12.6. The SMILES string of the molecule is Cc1ccc(Cl)cc1NS(=O)(=O)c1ccc(N2C[C@@H](C(=O)O)CC2=O)cc1. The Morgan fingerprint density at radius 3 is 2.48 bits per heavy atom. The van der Waals surface area contributed by atoms with Crippen molar-refractivity contribution in [3.63, 3.8) is 0 Å². The number of aliphatic carboxylic acids is 1. The lowest BCUT2D eigenvalue weighted by atomic mass is 10.1. The predicted octanol–water partition coefficient (Wildman–Crippen LogP) is 2.89. The summed E-state index contributed by atoms with van der Waals surface area (Å²) in [5.41, 5.74) is 1.56. The molecule has 0 aliphatic carbocycles. The van der Waals surface area contributed by atoms with E-state index in [-0.39, 0.29) is 23.8 Å². The Hall–Kier alpha value is -2.58. The first kappa shape index (κ1) is 19.2. The zero-order valence-corrected chi connectivity index (χ0v) is 15.9. The molecule has 1 fully saturated rings. The lowest BCUT2D eigenvalue weighted by Gasteiger charge is -2.17. The highest BCUT2D eigenvalue weighted by molar-refractivity contribution is 7.92. The molecule has 0 saturated carbocycles. The molecule has 0 spiro atoms. The van der Waals surface area contributed by atoms with Crippen LogP contribution in [0.5, 0.6) is 0 Å². The highest BCUT2D eigenvalue weighted by Crippen LogP contribution is 2.28. The average Bonchev–Trinajstić information content (AvgIpc) is 3.00. The third-order valence-electron chi connectivity index (χ3n) is 4.38. The van der Waals surface area contributed by atoms with E-state index >= 15 is 0 Å². The maximum Gasteiger partial charge on any atom is 0.308 e. The molecule has 0 unspecified atom stereocenters. The Morgan fingerprint density at radius 2 is 1.89 bits per heavy atom. The number of carbonyl (C=O) groups excluding carboxylic acids is 1. The van der Waals surface area contributed by atoms with Gasteiger partial charge in [-0.2, -0.15) is 0 Å². The third kappa shape index (κ3) is 4.06. The number of halogens is 1. The molecular formula is C18H17ClN2O5S. The molecule has 0 aromatic heterocycles. The molecule has 2 N–H and O–H groups in total. The summed E-state index contributed by atoms with van der Waals surface area (Å²) in [5.74, 6) is -2.08. The zero-order valence-electron chi connectivity index (χ0n) is 14.3. The Bertz CT molecular complexity index is 1000. The highest BCUT2D eigenvalue weighted by atomic mass is 35.5. The first-order chi connectivity index (χ1) is 12.7. The van der Waals surface area contributed by atoms with Crippen LogP contribution in [0, 0.1) is 12.8 Å². The number of hydrogen-bond acceptors (Lipinski definition) is 4. The summed E-state index contributed by atoms with van der Waals surface area (Å²) in [4.78, 5) is 24.4. The molecule has 1 atom stereocenters. The molecule has 1 heterocycles. The molecule has 1 aliphatic heterocycles. The molecule has 1 saturated heterocycles. The van der Waals surface area contributed by atoms with E-state index in [1.165, 1.54) is 35.2 Å². The van der Waals surface area contributed by atoms with Crippen molar-refractivity contribution in [3.8, 4) is 0 Å². The van der Waals surface area contributed by atoms with Gasteiger partial charge in [-0.25, -0.2) is 8.42 Å². The summed E-state index contributed by atoms with van der Waals surface area (Å²) in [7, 11) is -3.84. The molecule has 9 heteroatoms. The number of carboxylic acids is 1. The van der Waals surface area contributed by atoms with Crippen LogP contribution in [-0.4, -0.2) is 31.9 Å². The van der Waals surface area contributed by atoms with Crippen molar-refractivity contribution in [1.82, 2.24) is 0 Å². The van der Waals surface area contributed by atoms with Crippen molar-refractivity contribution in [2.24, 2.45) is 5.92 Å². The van der Waals surface area contributed by atoms with Crippen LogP contribution in [0.25, 0.3) is 0 Å². The minimum absolute atomic E-state index is 0.0204. The summed E-state index contributed by atoms with van der Waals surface area (Å²) in [6.45, 7) is 1.83. The Kier molecular flexibility index (Phi) is 5.12. The second kappa shape index (κ2) is 7.21. The second-order valence-electron chi connectivity index (χ2n) is 6.30. The van der Waals surface area contributed by atoms with Crippen molar-refractivity contribution < 1.29 is 23.1 Å². The second-order valence-corrected chi connectivity index (χ2v) is 8.42. The van der Waals surface area contributed by atoms with Gasteiger partial charge in [0.05, 0.1) is 16.5 Å². The van der Waals surface area contributed by atoms with Crippen LogP contribution in [0.3, 0.4) is 0 Å². The lowest BCUT2D eigenvalue weighted by molar-refractivity contribution is -0.141. The van der Waals surface area contributed by atoms with Crippen molar-refractivity contribution >= 4 is 44.9 Å². The Balaban J connectivity index is 1.81. The Labute approximate surface area is 161 Å². The van der Waals surface area contributed by atoms with E-state index < -0.39 is 21.9 Å². The summed E-state index contributed by atoms with van der Waals surface area (Å²) < 4.78 is 27.7. The topological polar surface area (TPSA) is 104 Å². The van der Waals surface area contributed by atoms with Crippen LogP contribution in [0.4, 0.5) is 11.4 Å². The molecule has 1 amide bonds. The van der Waals surface area contributed by atoms with Crippen molar-refractivity contribution in [2.45, 2.75) is 18.2 Å². The quantitative estimate of drug-likeness (QED) is 0.791. The van der Waals surface area contributed by atoms with E-state index in [0.717, 1.165) is 5.56 Å². The largest absolute Gasteiger partial charge is 0.481 e. The van der Waals surface area contributed by atoms with Crippen LogP contribution < -0.4 is 9.62 Å². The van der Waals surface area contributed by atoms with E-state index in [1.807, 2.05) is 0 Å². The predicted molar refractivity (Wildman–Crippen MR) is 102 cm³/mol. The fraction of sp³-hybridized carbons (Fsp3) is 0.222. The minimum atomic E-state index is -3.84. The fourth-order valence-electron chi connectivity index (χ4n) is 2.84. The highest BCUT2D eigenvalue weighted by Gasteiger charge is 2.35. The average molecular weight is 409 g/mol. The maximum absolute atomic E-state index is 12.6. The number of rotatable bonds is 5. The van der Waals surface area contributed by atoms with Crippen molar-refractivity contribution in [3.05, 3.63) is 53.1 Å². The van der Waals surface area contributed by atoms with Gasteiger partial charge in [0.25, 0.3) is 10.0 Å². The van der Waals surface area contributed by atoms with Crippen LogP contribution in [0.1, 0.15) is 12.0 Å². The van der Waals surface area contributed by atoms with Gasteiger partial charge in [-0.15, -0.1) is 0 Å². The van der Waals surface area contributed by atoms with Crippen molar-refractivity contribution in [1.29, 1.82) is 0 Å². The standard InChI is InChI=1S/C18H17ClN2O5S/c1-11-2-3-13(19)9-16(11)20-27(25,26)15-6-4-14(5-7-15)21-10-12(18(23)24)8-17(21)22/h2-7,9,12,20H,8,10H2,1H3,(H,23,24)/t12-/m0/s1. The normalized spacial score (nSPS) is 17.2. The third-order valence-corrected chi connectivity index (χ3v) is 5.99. The molecule has 1 aliphatic rings. The monoisotopic (exact) mass is 408 g/mol. The molecule has 142 valence electrons. The van der Waals surface area contributed by atoms with E-state index in [2.05, 4.69) is 4.72 Å². The van der Waals surface area contributed by atoms with Crippen molar-refractivity contribution in [2.75, 3.05) is 16.2 Å². The van der Waals surface area contributed by atoms with Gasteiger partial charge in [-0.1, -0.05) is 17.7 Å². The molecule has 27 heavy (non-hydrogen) atoms. The number of nitrogens with zero attached hydrogens (tertiary/aromatic N) is 1. The number of amides is 1. The number of carbonyl (C=O) groups is 2. The summed E-state index contributed by atoms with van der Waals surface area (Å²) in [6, 6.07) is 10.6. The number of hydrogen-bond donors (Lipinski definition) is 2. The molecule has 3 rings (SSSR count). The van der Waals surface area contributed by atoms with Gasteiger partial charge >= 0.3 is 5.97 Å². The minimum Gasteiger partial charge on any atom is -0.481 e. The van der Waals surface area contributed by atoms with E-state index in [9.17, 15) is 18.0 Å². The molecular weight excluding hydrogens is 392 g/mol. The number of anilines is 2. The molecule has 2 aromatic carbocycles. The Morgan fingerprint density at radius 1 is 1.22 bits per heavy atom. The van der Waals surface area contributed by atoms with Crippen LogP contribution in [0.2, 0.25) is 5.02 Å². The number of sulfonamides is 1. The zero-order chi connectivity index (χ0) is 19.8. The first-order valence-electron chi connectivity index (χ1n) is 8.09. The van der Waals surface area contributed by atoms with E-state index in [4.69, 9.17) is 16.7 Å². The van der Waals surface area contributed by atoms with Gasteiger partial charge in [-0.05, 0) is 48.9 Å². The smallest absolute Gasteiger partial charge is 0.308 e. The van der Waals surface area contributed by atoms with Gasteiger partial charge in [0, 0.05) is 23.7 Å².